The summed E-state index contributed by atoms with van der Waals surface area (Å²) in [6.45, 7) is 7.06. The highest BCUT2D eigenvalue weighted by molar-refractivity contribution is 5.22. The highest BCUT2D eigenvalue weighted by Gasteiger charge is 2.14. The maximum absolute atomic E-state index is 9.02. The number of aliphatic hydroxyl groups excluding tert-OH is 1. The van der Waals surface area contributed by atoms with Gasteiger partial charge >= 0.3 is 0 Å². The van der Waals surface area contributed by atoms with E-state index in [2.05, 4.69) is 22.6 Å². The first-order valence-corrected chi connectivity index (χ1v) is 4.61. The minimum atomic E-state index is -1.42. The van der Waals surface area contributed by atoms with Crippen molar-refractivity contribution in [3.8, 4) is 0 Å². The molecule has 0 aliphatic heterocycles. The van der Waals surface area contributed by atoms with Crippen LogP contribution in [0, 0.1) is 0 Å². The number of nitrogens with one attached hydrogen (secondary N) is 2. The van der Waals surface area contributed by atoms with Gasteiger partial charge in [-0.05, 0) is 13.3 Å². The van der Waals surface area contributed by atoms with Crippen LogP contribution in [0.1, 0.15) is 20.3 Å². The summed E-state index contributed by atoms with van der Waals surface area (Å²) in [5.74, 6) is 0. The van der Waals surface area contributed by atoms with Crippen molar-refractivity contribution in [3.63, 3.8) is 0 Å². The van der Waals surface area contributed by atoms with E-state index in [4.69, 9.17) is 10.2 Å². The molecule has 0 saturated heterocycles. The topological polar surface area (TPSA) is 76.9 Å². The molecule has 0 bridgehead atoms. The lowest BCUT2D eigenvalue weighted by Crippen LogP contribution is -2.47. The van der Waals surface area contributed by atoms with E-state index in [0.717, 1.165) is 6.42 Å². The van der Waals surface area contributed by atoms with Gasteiger partial charge in [0.05, 0.1) is 12.2 Å². The maximum Gasteiger partial charge on any atom is 0.170 e. The van der Waals surface area contributed by atoms with Gasteiger partial charge in [-0.25, -0.2) is 0 Å². The third kappa shape index (κ3) is 5.69. The molecule has 2 unspecified atom stereocenters. The van der Waals surface area contributed by atoms with Crippen molar-refractivity contribution in [2.45, 2.75) is 38.8 Å². The molecule has 0 aliphatic rings. The fraction of sp³-hybridized carbons (Fsp3) is 0.667. The van der Waals surface area contributed by atoms with Crippen molar-refractivity contribution in [3.05, 3.63) is 12.2 Å². The highest BCUT2D eigenvalue weighted by atomic mass is 16.5. The molecule has 0 heterocycles. The van der Waals surface area contributed by atoms with Gasteiger partial charge in [0.2, 0.25) is 0 Å². The lowest BCUT2D eigenvalue weighted by molar-refractivity contribution is -0.0580. The van der Waals surface area contributed by atoms with Crippen LogP contribution in [0.3, 0.4) is 0 Å². The van der Waals surface area contributed by atoms with Gasteiger partial charge in [0.25, 0.3) is 0 Å². The Kier molecular flexibility index (Phi) is 7.00. The van der Waals surface area contributed by atoms with E-state index in [9.17, 15) is 0 Å². The van der Waals surface area contributed by atoms with E-state index in [1.54, 1.807) is 6.08 Å². The van der Waals surface area contributed by atoms with Crippen LogP contribution in [-0.4, -0.2) is 35.4 Å². The van der Waals surface area contributed by atoms with Crippen molar-refractivity contribution >= 4 is 6.72 Å². The predicted octanol–water partition coefficient (Wildman–Crippen LogP) is -0.227. The molecular weight excluding hydrogens is 182 g/mol. The summed E-state index contributed by atoms with van der Waals surface area (Å²) in [6.07, 6.45) is 2.84. The Bertz CT molecular complexity index is 183. The molecular formula is C9H19N3O2. The average molecular weight is 201 g/mol. The molecule has 5 heteroatoms. The summed E-state index contributed by atoms with van der Waals surface area (Å²) in [5.41, 5.74) is 2.65. The van der Waals surface area contributed by atoms with Gasteiger partial charge in [0.15, 0.2) is 6.29 Å². The van der Waals surface area contributed by atoms with E-state index in [0.29, 0.717) is 0 Å². The van der Waals surface area contributed by atoms with E-state index in [-0.39, 0.29) is 6.17 Å². The van der Waals surface area contributed by atoms with Crippen molar-refractivity contribution in [2.75, 3.05) is 0 Å². The van der Waals surface area contributed by atoms with Gasteiger partial charge in [-0.15, -0.1) is 0 Å². The first-order chi connectivity index (χ1) is 6.61. The predicted molar refractivity (Wildman–Crippen MR) is 56.7 cm³/mol. The second-order valence-corrected chi connectivity index (χ2v) is 2.95. The van der Waals surface area contributed by atoms with Crippen molar-refractivity contribution in [2.24, 2.45) is 5.10 Å². The SMILES string of the molecule is C=NNC(C)NC(/C=C/CC)C(O)O. The number of aliphatic hydroxyl groups is 2. The minimum Gasteiger partial charge on any atom is -0.367 e. The zero-order valence-corrected chi connectivity index (χ0v) is 8.64. The van der Waals surface area contributed by atoms with Crippen molar-refractivity contribution in [1.82, 2.24) is 10.7 Å². The highest BCUT2D eigenvalue weighted by Crippen LogP contribution is 1.95. The van der Waals surface area contributed by atoms with Crippen LogP contribution in [-0.2, 0) is 0 Å². The third-order valence-electron chi connectivity index (χ3n) is 1.63. The van der Waals surface area contributed by atoms with Gasteiger partial charge in [0, 0.05) is 6.72 Å². The van der Waals surface area contributed by atoms with Gasteiger partial charge in [-0.1, -0.05) is 19.1 Å². The molecule has 0 fully saturated rings. The van der Waals surface area contributed by atoms with E-state index < -0.39 is 12.3 Å². The molecule has 4 N–H and O–H groups in total. The Morgan fingerprint density at radius 3 is 2.57 bits per heavy atom. The van der Waals surface area contributed by atoms with E-state index >= 15 is 0 Å². The number of nitrogens with zero attached hydrogens (tertiary/aromatic N) is 1. The second-order valence-electron chi connectivity index (χ2n) is 2.95. The summed E-state index contributed by atoms with van der Waals surface area (Å²) in [6, 6.07) is -0.501. The summed E-state index contributed by atoms with van der Waals surface area (Å²) in [7, 11) is 0. The average Bonchev–Trinajstić information content (AvgIpc) is 2.12. The van der Waals surface area contributed by atoms with Crippen LogP contribution < -0.4 is 10.7 Å². The minimum absolute atomic E-state index is 0.166. The van der Waals surface area contributed by atoms with Crippen LogP contribution in [0.25, 0.3) is 0 Å². The van der Waals surface area contributed by atoms with Crippen LogP contribution in [0.2, 0.25) is 0 Å². The molecule has 2 atom stereocenters. The second kappa shape index (κ2) is 7.49. The molecule has 0 aromatic carbocycles. The fourth-order valence-corrected chi connectivity index (χ4v) is 0.987. The van der Waals surface area contributed by atoms with Gasteiger partial charge in [-0.2, -0.15) is 5.10 Å². The Morgan fingerprint density at radius 1 is 1.50 bits per heavy atom. The summed E-state index contributed by atoms with van der Waals surface area (Å²) in [5, 5.41) is 24.4. The Labute approximate surface area is 84.5 Å². The lowest BCUT2D eigenvalue weighted by Gasteiger charge is -2.21. The summed E-state index contributed by atoms with van der Waals surface area (Å²) in [4.78, 5) is 0. The molecule has 0 saturated carbocycles. The smallest absolute Gasteiger partial charge is 0.170 e. The zero-order chi connectivity index (χ0) is 11.0. The van der Waals surface area contributed by atoms with Crippen LogP contribution in [0.5, 0.6) is 0 Å². The number of rotatable bonds is 7. The number of hydrogen-bond acceptors (Lipinski definition) is 5. The standard InChI is InChI=1S/C9H19N3O2/c1-4-5-6-8(9(13)14)11-7(2)12-10-3/h5-9,11-14H,3-4H2,1-2H3/b6-5+. The first-order valence-electron chi connectivity index (χ1n) is 4.61. The number of hydrogen-bond donors (Lipinski definition) is 4. The fourth-order valence-electron chi connectivity index (χ4n) is 0.987. The zero-order valence-electron chi connectivity index (χ0n) is 8.64. The summed E-state index contributed by atoms with van der Waals surface area (Å²) >= 11 is 0. The monoisotopic (exact) mass is 201 g/mol. The van der Waals surface area contributed by atoms with Crippen molar-refractivity contribution < 1.29 is 10.2 Å². The van der Waals surface area contributed by atoms with Crippen LogP contribution >= 0.6 is 0 Å². The lowest BCUT2D eigenvalue weighted by atomic mass is 10.2. The quantitative estimate of drug-likeness (QED) is 0.199. The Hall–Kier alpha value is -0.910. The molecule has 0 radical (unpaired) electrons. The molecule has 14 heavy (non-hydrogen) atoms. The summed E-state index contributed by atoms with van der Waals surface area (Å²) < 4.78 is 0. The van der Waals surface area contributed by atoms with Crippen LogP contribution in [0.4, 0.5) is 0 Å². The van der Waals surface area contributed by atoms with Crippen molar-refractivity contribution in [1.29, 1.82) is 0 Å². The molecule has 0 spiro atoms. The molecule has 5 nitrogen and oxygen atoms in total. The molecule has 0 aromatic rings. The van der Waals surface area contributed by atoms with Gasteiger partial charge in [-0.3, -0.25) is 10.7 Å². The maximum atomic E-state index is 9.02. The number of hydrazone groups is 1. The van der Waals surface area contributed by atoms with E-state index in [1.807, 2.05) is 19.9 Å². The molecule has 0 amide bonds. The van der Waals surface area contributed by atoms with Gasteiger partial charge in [0.1, 0.15) is 0 Å². The first kappa shape index (κ1) is 13.1. The largest absolute Gasteiger partial charge is 0.367 e. The normalized spacial score (nSPS) is 15.8. The van der Waals surface area contributed by atoms with E-state index in [1.165, 1.54) is 0 Å². The van der Waals surface area contributed by atoms with Gasteiger partial charge < -0.3 is 10.2 Å². The Balaban J connectivity index is 4.08. The molecule has 0 aromatic heterocycles. The Morgan fingerprint density at radius 2 is 2.14 bits per heavy atom. The molecule has 0 aliphatic carbocycles. The third-order valence-corrected chi connectivity index (χ3v) is 1.63. The molecule has 82 valence electrons. The number of allylic oxidation sites excluding steroid dienone is 1. The molecule has 0 rings (SSSR count). The van der Waals surface area contributed by atoms with Crippen LogP contribution in [0.15, 0.2) is 17.3 Å².